The zero-order valence-electron chi connectivity index (χ0n) is 48.4. The number of unbranched alkanes of at least 4 members (excludes halogenated alkanes) is 45. The van der Waals surface area contributed by atoms with Crippen molar-refractivity contribution in [1.29, 1.82) is 0 Å². The molecule has 0 aliphatic carbocycles. The highest BCUT2D eigenvalue weighted by molar-refractivity contribution is 5.76. The van der Waals surface area contributed by atoms with Crippen molar-refractivity contribution < 1.29 is 24.5 Å². The molecule has 0 heterocycles. The van der Waals surface area contributed by atoms with Gasteiger partial charge in [-0.15, -0.1) is 0 Å². The van der Waals surface area contributed by atoms with E-state index in [1.54, 1.807) is 6.08 Å². The minimum absolute atomic E-state index is 0.00466. The number of hydrogen-bond acceptors (Lipinski definition) is 5. The first kappa shape index (κ1) is 70.1. The Hall–Kier alpha value is -1.92. The van der Waals surface area contributed by atoms with Crippen molar-refractivity contribution in [2.75, 3.05) is 13.2 Å². The van der Waals surface area contributed by atoms with E-state index in [-0.39, 0.29) is 18.5 Å². The first-order valence-electron chi connectivity index (χ1n) is 32.3. The highest BCUT2D eigenvalue weighted by Crippen LogP contribution is 2.18. The van der Waals surface area contributed by atoms with Gasteiger partial charge in [0.15, 0.2) is 0 Å². The number of hydrogen-bond donors (Lipinski definition) is 3. The molecule has 424 valence electrons. The normalized spacial score (nSPS) is 12.8. The largest absolute Gasteiger partial charge is 0.466 e. The Labute approximate surface area is 449 Å². The van der Waals surface area contributed by atoms with Crippen molar-refractivity contribution >= 4 is 11.9 Å². The zero-order valence-corrected chi connectivity index (χ0v) is 48.4. The first-order valence-corrected chi connectivity index (χ1v) is 32.3. The molecule has 0 aliphatic heterocycles. The maximum absolute atomic E-state index is 12.5. The van der Waals surface area contributed by atoms with Crippen LogP contribution in [0.2, 0.25) is 0 Å². The van der Waals surface area contributed by atoms with Crippen LogP contribution in [0, 0.1) is 0 Å². The van der Waals surface area contributed by atoms with Crippen LogP contribution in [-0.4, -0.2) is 47.4 Å². The van der Waals surface area contributed by atoms with Crippen LogP contribution in [0.1, 0.15) is 348 Å². The third kappa shape index (κ3) is 57.4. The summed E-state index contributed by atoms with van der Waals surface area (Å²) in [6.45, 7) is 4.89. The van der Waals surface area contributed by atoms with Crippen LogP contribution in [0.15, 0.2) is 36.5 Å². The van der Waals surface area contributed by atoms with E-state index in [0.717, 1.165) is 51.4 Å². The molecule has 72 heavy (non-hydrogen) atoms. The third-order valence-corrected chi connectivity index (χ3v) is 14.9. The van der Waals surface area contributed by atoms with E-state index in [1.807, 2.05) is 6.08 Å². The van der Waals surface area contributed by atoms with Gasteiger partial charge < -0.3 is 20.3 Å². The Morgan fingerprint density at radius 3 is 1.07 bits per heavy atom. The number of aliphatic hydroxyl groups excluding tert-OH is 2. The van der Waals surface area contributed by atoms with Gasteiger partial charge in [0.2, 0.25) is 5.91 Å². The fourth-order valence-electron chi connectivity index (χ4n) is 9.96. The lowest BCUT2D eigenvalue weighted by atomic mass is 10.0. The minimum Gasteiger partial charge on any atom is -0.466 e. The van der Waals surface area contributed by atoms with Crippen molar-refractivity contribution in [3.63, 3.8) is 0 Å². The van der Waals surface area contributed by atoms with Crippen LogP contribution in [-0.2, 0) is 14.3 Å². The van der Waals surface area contributed by atoms with E-state index in [0.29, 0.717) is 19.4 Å². The number of allylic oxidation sites excluding steroid dienone is 5. The molecule has 3 N–H and O–H groups in total. The van der Waals surface area contributed by atoms with Gasteiger partial charge in [-0.25, -0.2) is 0 Å². The van der Waals surface area contributed by atoms with Crippen molar-refractivity contribution in [3.05, 3.63) is 36.5 Å². The standard InChI is InChI=1S/C66H125NO5/c1-3-5-7-9-11-13-15-17-19-21-23-24-25-26-30-34-38-42-46-50-54-58-64(69)63(62-68)67-65(70)59-55-51-47-43-39-35-31-28-29-33-37-41-45-49-53-57-61-72-66(71)60-56-52-48-44-40-36-32-27-22-20-18-16-14-12-10-8-6-4-2/h14,16,20,22,54,58,63-64,68-69H,3-13,15,17-19,21,23-53,55-57,59-62H2,1-2H3,(H,67,70)/b16-14-,22-20-,58-54+. The van der Waals surface area contributed by atoms with E-state index in [1.165, 1.54) is 270 Å². The second-order valence-corrected chi connectivity index (χ2v) is 22.1. The van der Waals surface area contributed by atoms with Gasteiger partial charge in [-0.2, -0.15) is 0 Å². The molecule has 1 amide bonds. The number of nitrogens with one attached hydrogen (secondary N) is 1. The van der Waals surface area contributed by atoms with Gasteiger partial charge in [0.25, 0.3) is 0 Å². The van der Waals surface area contributed by atoms with E-state index >= 15 is 0 Å². The topological polar surface area (TPSA) is 95.9 Å². The summed E-state index contributed by atoms with van der Waals surface area (Å²) >= 11 is 0. The van der Waals surface area contributed by atoms with E-state index in [9.17, 15) is 19.8 Å². The molecule has 0 saturated carbocycles. The van der Waals surface area contributed by atoms with E-state index in [4.69, 9.17) is 4.74 Å². The number of rotatable bonds is 60. The third-order valence-electron chi connectivity index (χ3n) is 14.9. The number of esters is 1. The number of carbonyl (C=O) groups is 2. The average Bonchev–Trinajstić information content (AvgIpc) is 3.38. The average molecular weight is 1010 g/mol. The number of amides is 1. The number of aliphatic hydroxyl groups is 2. The molecule has 0 radical (unpaired) electrons. The molecule has 0 fully saturated rings. The van der Waals surface area contributed by atoms with Gasteiger partial charge in [0, 0.05) is 12.8 Å². The van der Waals surface area contributed by atoms with Crippen molar-refractivity contribution in [3.8, 4) is 0 Å². The second kappa shape index (κ2) is 61.6. The first-order chi connectivity index (χ1) is 35.5. The summed E-state index contributed by atoms with van der Waals surface area (Å²) < 4.78 is 5.49. The fourth-order valence-corrected chi connectivity index (χ4v) is 9.96. The number of ether oxygens (including phenoxy) is 1. The summed E-state index contributed by atoms with van der Waals surface area (Å²) in [6.07, 6.45) is 77.5. The van der Waals surface area contributed by atoms with Gasteiger partial charge in [0.05, 0.1) is 25.4 Å². The predicted molar refractivity (Wildman–Crippen MR) is 315 cm³/mol. The molecule has 0 spiro atoms. The Morgan fingerprint density at radius 1 is 0.389 bits per heavy atom. The van der Waals surface area contributed by atoms with Gasteiger partial charge in [0.1, 0.15) is 0 Å². The summed E-state index contributed by atoms with van der Waals surface area (Å²) in [5.74, 6) is -0.0769. The Morgan fingerprint density at radius 2 is 0.694 bits per heavy atom. The lowest BCUT2D eigenvalue weighted by molar-refractivity contribution is -0.143. The molecular formula is C66H125NO5. The molecule has 2 unspecified atom stereocenters. The fraction of sp³-hybridized carbons (Fsp3) is 0.879. The summed E-state index contributed by atoms with van der Waals surface area (Å²) in [7, 11) is 0. The van der Waals surface area contributed by atoms with Crippen LogP contribution in [0.25, 0.3) is 0 Å². The Balaban J connectivity index is 3.45. The number of carbonyl (C=O) groups excluding carboxylic acids is 2. The van der Waals surface area contributed by atoms with Crippen molar-refractivity contribution in [2.45, 2.75) is 360 Å². The molecule has 0 aromatic rings. The molecule has 0 bridgehead atoms. The second-order valence-electron chi connectivity index (χ2n) is 22.1. The molecule has 2 atom stereocenters. The molecule has 0 saturated heterocycles. The summed E-state index contributed by atoms with van der Waals surface area (Å²) in [5, 5.41) is 23.2. The van der Waals surface area contributed by atoms with E-state index < -0.39 is 12.1 Å². The van der Waals surface area contributed by atoms with Gasteiger partial charge in [-0.05, 0) is 64.2 Å². The predicted octanol–water partition coefficient (Wildman–Crippen LogP) is 20.4. The van der Waals surface area contributed by atoms with Crippen molar-refractivity contribution in [1.82, 2.24) is 5.32 Å². The van der Waals surface area contributed by atoms with Gasteiger partial charge in [-0.1, -0.05) is 307 Å². The maximum Gasteiger partial charge on any atom is 0.305 e. The van der Waals surface area contributed by atoms with Gasteiger partial charge >= 0.3 is 5.97 Å². The van der Waals surface area contributed by atoms with Crippen LogP contribution in [0.4, 0.5) is 0 Å². The lowest BCUT2D eigenvalue weighted by Crippen LogP contribution is -2.45. The molecule has 0 aliphatic rings. The molecule has 0 aromatic heterocycles. The highest BCUT2D eigenvalue weighted by Gasteiger charge is 2.18. The lowest BCUT2D eigenvalue weighted by Gasteiger charge is -2.20. The minimum atomic E-state index is -0.851. The molecule has 0 aromatic carbocycles. The monoisotopic (exact) mass is 1010 g/mol. The molecule has 0 rings (SSSR count). The van der Waals surface area contributed by atoms with Gasteiger partial charge in [-0.3, -0.25) is 9.59 Å². The van der Waals surface area contributed by atoms with E-state index in [2.05, 4.69) is 43.5 Å². The summed E-state index contributed by atoms with van der Waals surface area (Å²) in [5.41, 5.74) is 0. The maximum atomic E-state index is 12.5. The summed E-state index contributed by atoms with van der Waals surface area (Å²) in [4.78, 5) is 24.6. The van der Waals surface area contributed by atoms with Crippen LogP contribution >= 0.6 is 0 Å². The smallest absolute Gasteiger partial charge is 0.305 e. The Bertz CT molecular complexity index is 1170. The highest BCUT2D eigenvalue weighted by atomic mass is 16.5. The van der Waals surface area contributed by atoms with Crippen LogP contribution in [0.3, 0.4) is 0 Å². The van der Waals surface area contributed by atoms with Crippen LogP contribution < -0.4 is 5.32 Å². The zero-order chi connectivity index (χ0) is 52.2. The van der Waals surface area contributed by atoms with Crippen molar-refractivity contribution in [2.24, 2.45) is 0 Å². The molecule has 6 nitrogen and oxygen atoms in total. The summed E-state index contributed by atoms with van der Waals surface area (Å²) in [6, 6.07) is -0.635. The SMILES string of the molecule is CCCCCC/C=C\C/C=C\CCCCCCCCCC(=O)OCCCCCCCCCCCCCCCCCCC(=O)NC(CO)C(O)/C=C/CCCCCCCCCCCCCCCCCCCCC. The molecular weight excluding hydrogens is 887 g/mol. The Kier molecular flexibility index (Phi) is 60.0. The van der Waals surface area contributed by atoms with Crippen LogP contribution in [0.5, 0.6) is 0 Å². The quantitative estimate of drug-likeness (QED) is 0.0320. The molecule has 6 heteroatoms.